The van der Waals surface area contributed by atoms with Crippen molar-refractivity contribution in [2.45, 2.75) is 65.2 Å². The van der Waals surface area contributed by atoms with Crippen molar-refractivity contribution in [3.8, 4) is 0 Å². The lowest BCUT2D eigenvalue weighted by molar-refractivity contribution is 0.786. The molecule has 0 aliphatic heterocycles. The van der Waals surface area contributed by atoms with Crippen LogP contribution >= 0.6 is 0 Å². The highest BCUT2D eigenvalue weighted by atomic mass is 14.4. The van der Waals surface area contributed by atoms with Gasteiger partial charge in [0.1, 0.15) is 0 Å². The molecule has 0 N–H and O–H groups in total. The second kappa shape index (κ2) is 7.73. The maximum absolute atomic E-state index is 2.41. The Bertz CT molecular complexity index is 1060. The van der Waals surface area contributed by atoms with Crippen LogP contribution in [0.1, 0.15) is 69.2 Å². The molecule has 0 radical (unpaired) electrons. The lowest BCUT2D eigenvalue weighted by Gasteiger charge is -2.07. The quantitative estimate of drug-likeness (QED) is 0.403. The summed E-state index contributed by atoms with van der Waals surface area (Å²) in [6.45, 7) is 8.87. The van der Waals surface area contributed by atoms with Crippen LogP contribution in [0, 0.1) is 39.5 Å². The molecule has 30 heavy (non-hydrogen) atoms. The van der Waals surface area contributed by atoms with Crippen LogP contribution in [0.4, 0.5) is 0 Å². The lowest BCUT2D eigenvalue weighted by atomic mass is 9.98. The third-order valence-corrected chi connectivity index (χ3v) is 7.78. The third-order valence-electron chi connectivity index (χ3n) is 7.78. The molecule has 0 spiro atoms. The summed E-state index contributed by atoms with van der Waals surface area (Å²) in [7, 11) is 0. The fraction of sp³-hybridized carbons (Fsp3) is 0.400. The Morgan fingerprint density at radius 3 is 1.67 bits per heavy atom. The van der Waals surface area contributed by atoms with Crippen molar-refractivity contribution in [2.24, 2.45) is 11.8 Å². The molecule has 0 heteroatoms. The van der Waals surface area contributed by atoms with Crippen molar-refractivity contribution in [1.82, 2.24) is 0 Å². The molecule has 4 atom stereocenters. The lowest BCUT2D eigenvalue weighted by Crippen LogP contribution is -1.94. The third kappa shape index (κ3) is 4.10. The molecule has 0 saturated heterocycles. The maximum atomic E-state index is 2.41. The van der Waals surface area contributed by atoms with E-state index in [0.29, 0.717) is 0 Å². The minimum Gasteiger partial charge on any atom is -0.0588 e. The van der Waals surface area contributed by atoms with Gasteiger partial charge >= 0.3 is 0 Å². The Morgan fingerprint density at radius 1 is 0.533 bits per heavy atom. The van der Waals surface area contributed by atoms with E-state index in [1.54, 1.807) is 11.1 Å². The summed E-state index contributed by atoms with van der Waals surface area (Å²) in [6, 6.07) is 23.6. The number of rotatable bonds is 6. The first-order valence-corrected chi connectivity index (χ1v) is 11.7. The van der Waals surface area contributed by atoms with Crippen molar-refractivity contribution in [3.63, 3.8) is 0 Å². The number of hydrogen-bond donors (Lipinski definition) is 0. The Morgan fingerprint density at radius 2 is 1.03 bits per heavy atom. The first kappa shape index (κ1) is 19.6. The molecule has 2 fully saturated rings. The van der Waals surface area contributed by atoms with Gasteiger partial charge < -0.3 is 0 Å². The number of benzene rings is 3. The molecule has 0 heterocycles. The monoisotopic (exact) mass is 394 g/mol. The molecule has 0 nitrogen and oxygen atoms in total. The molecule has 154 valence electrons. The molecule has 0 amide bonds. The van der Waals surface area contributed by atoms with Gasteiger partial charge in [-0.05, 0) is 122 Å². The highest BCUT2D eigenvalue weighted by Gasteiger charge is 2.39. The summed E-state index contributed by atoms with van der Waals surface area (Å²) >= 11 is 0. The van der Waals surface area contributed by atoms with Crippen LogP contribution in [-0.4, -0.2) is 0 Å². The van der Waals surface area contributed by atoms with Gasteiger partial charge in [-0.1, -0.05) is 60.7 Å². The largest absolute Gasteiger partial charge is 0.0588 e. The fourth-order valence-electron chi connectivity index (χ4n) is 5.20. The molecule has 4 unspecified atom stereocenters. The van der Waals surface area contributed by atoms with E-state index in [-0.39, 0.29) is 0 Å². The van der Waals surface area contributed by atoms with Crippen LogP contribution in [0.3, 0.4) is 0 Å². The van der Waals surface area contributed by atoms with Gasteiger partial charge in [0, 0.05) is 0 Å². The zero-order valence-corrected chi connectivity index (χ0v) is 18.9. The van der Waals surface area contributed by atoms with Gasteiger partial charge in [0.2, 0.25) is 0 Å². The molecular weight excluding hydrogens is 360 g/mol. The summed E-state index contributed by atoms with van der Waals surface area (Å²) in [6.07, 6.45) is 5.16. The highest BCUT2D eigenvalue weighted by Crippen LogP contribution is 2.51. The second-order valence-electron chi connectivity index (χ2n) is 10.1. The normalized spacial score (nSPS) is 24.7. The van der Waals surface area contributed by atoms with E-state index >= 15 is 0 Å². The highest BCUT2D eigenvalue weighted by molar-refractivity contribution is 5.37. The summed E-state index contributed by atoms with van der Waals surface area (Å²) in [4.78, 5) is 0. The van der Waals surface area contributed by atoms with E-state index in [1.807, 2.05) is 0 Å². The van der Waals surface area contributed by atoms with Gasteiger partial charge in [-0.25, -0.2) is 0 Å². The van der Waals surface area contributed by atoms with Gasteiger partial charge in [-0.3, -0.25) is 0 Å². The minimum absolute atomic E-state index is 0.768. The molecule has 3 aromatic carbocycles. The van der Waals surface area contributed by atoms with Crippen LogP contribution in [0.5, 0.6) is 0 Å². The van der Waals surface area contributed by atoms with Crippen molar-refractivity contribution in [1.29, 1.82) is 0 Å². The maximum Gasteiger partial charge on any atom is -0.0127 e. The average molecular weight is 395 g/mol. The fourth-order valence-corrected chi connectivity index (χ4v) is 5.20. The van der Waals surface area contributed by atoms with E-state index in [2.05, 4.69) is 88.4 Å². The Hall–Kier alpha value is -2.34. The summed E-state index contributed by atoms with van der Waals surface area (Å²) in [5, 5.41) is 0. The number of aryl methyl sites for hydroxylation is 4. The van der Waals surface area contributed by atoms with Crippen molar-refractivity contribution in [3.05, 3.63) is 105 Å². The van der Waals surface area contributed by atoms with Gasteiger partial charge in [0.25, 0.3) is 0 Å². The Kier molecular flexibility index (Phi) is 5.05. The molecular formula is C30H34. The van der Waals surface area contributed by atoms with Crippen LogP contribution in [0.25, 0.3) is 0 Å². The van der Waals surface area contributed by atoms with Crippen LogP contribution < -0.4 is 0 Å². The van der Waals surface area contributed by atoms with Gasteiger partial charge in [0.05, 0.1) is 0 Å². The summed E-state index contributed by atoms with van der Waals surface area (Å²) < 4.78 is 0. The van der Waals surface area contributed by atoms with E-state index in [1.165, 1.54) is 59.1 Å². The topological polar surface area (TPSA) is 0 Å². The standard InChI is InChI=1S/C30H34/c1-19-5-7-24(13-21(19)3)16-28-17-29(28)25-11-8-23(9-12-25)15-27-18-30(27)26-10-6-20(2)22(4)14-26/h5-14,27-30H,15-18H2,1-4H3. The van der Waals surface area contributed by atoms with Crippen molar-refractivity contribution >= 4 is 0 Å². The van der Waals surface area contributed by atoms with E-state index in [0.717, 1.165) is 23.7 Å². The zero-order valence-electron chi connectivity index (χ0n) is 18.9. The van der Waals surface area contributed by atoms with Crippen LogP contribution in [0.15, 0.2) is 60.7 Å². The van der Waals surface area contributed by atoms with Crippen LogP contribution in [0.2, 0.25) is 0 Å². The molecule has 2 aliphatic carbocycles. The minimum atomic E-state index is 0.768. The van der Waals surface area contributed by atoms with E-state index in [4.69, 9.17) is 0 Å². The van der Waals surface area contributed by atoms with Gasteiger partial charge in [-0.15, -0.1) is 0 Å². The van der Waals surface area contributed by atoms with E-state index < -0.39 is 0 Å². The zero-order chi connectivity index (χ0) is 20.8. The average Bonchev–Trinajstić information content (AvgIpc) is 3.65. The number of hydrogen-bond acceptors (Lipinski definition) is 0. The van der Waals surface area contributed by atoms with Crippen LogP contribution in [-0.2, 0) is 12.8 Å². The van der Waals surface area contributed by atoms with Gasteiger partial charge in [-0.2, -0.15) is 0 Å². The summed E-state index contributed by atoms with van der Waals surface area (Å²) in [5.74, 6) is 3.20. The first-order chi connectivity index (χ1) is 14.5. The summed E-state index contributed by atoms with van der Waals surface area (Å²) in [5.41, 5.74) is 11.8. The molecule has 2 aliphatic rings. The van der Waals surface area contributed by atoms with Gasteiger partial charge in [0.15, 0.2) is 0 Å². The molecule has 2 saturated carbocycles. The molecule has 0 aromatic heterocycles. The second-order valence-corrected chi connectivity index (χ2v) is 10.1. The molecule has 0 bridgehead atoms. The first-order valence-electron chi connectivity index (χ1n) is 11.7. The SMILES string of the molecule is Cc1ccc(CC2CC2c2ccc(CC3CC3c3ccc(C)c(C)c3)cc2)cc1C. The molecule has 5 rings (SSSR count). The molecule has 3 aromatic rings. The predicted octanol–water partition coefficient (Wildman–Crippen LogP) is 7.61. The van der Waals surface area contributed by atoms with E-state index in [9.17, 15) is 0 Å². The Balaban J connectivity index is 1.16. The van der Waals surface area contributed by atoms with Crippen molar-refractivity contribution < 1.29 is 0 Å². The predicted molar refractivity (Wildman–Crippen MR) is 127 cm³/mol. The van der Waals surface area contributed by atoms with Crippen molar-refractivity contribution in [2.75, 3.05) is 0 Å². The smallest absolute Gasteiger partial charge is 0.0127 e. The Labute approximate surface area is 182 Å².